The maximum Gasteiger partial charge on any atom is 0.422 e. The van der Waals surface area contributed by atoms with Crippen LogP contribution in [0.1, 0.15) is 43.0 Å². The molecule has 2 rings (SSSR count). The van der Waals surface area contributed by atoms with Crippen molar-refractivity contribution in [2.24, 2.45) is 5.92 Å². The first kappa shape index (κ1) is 19.1. The molecule has 0 heterocycles. The molecule has 1 aromatic rings. The monoisotopic (exact) mass is 359 g/mol. The molecule has 0 aromatic heterocycles. The first-order chi connectivity index (χ1) is 11.6. The van der Waals surface area contributed by atoms with Crippen LogP contribution < -0.4 is 10.1 Å². The molecule has 2 atom stereocenters. The second kappa shape index (κ2) is 7.33. The molecule has 0 bridgehead atoms. The number of aliphatic carboxylic acids is 1. The molecule has 1 aliphatic rings. The minimum atomic E-state index is -4.43. The smallest absolute Gasteiger partial charge is 0.422 e. The zero-order valence-corrected chi connectivity index (χ0v) is 13.7. The maximum atomic E-state index is 12.4. The van der Waals surface area contributed by atoms with E-state index in [9.17, 15) is 27.9 Å². The van der Waals surface area contributed by atoms with Crippen LogP contribution in [0.25, 0.3) is 0 Å². The summed E-state index contributed by atoms with van der Waals surface area (Å²) in [7, 11) is 0. The Labute approximate surface area is 143 Å². The molecule has 0 aliphatic heterocycles. The highest BCUT2D eigenvalue weighted by Crippen LogP contribution is 2.34. The van der Waals surface area contributed by atoms with E-state index < -0.39 is 36.1 Å². The predicted octanol–water partition coefficient (Wildman–Crippen LogP) is 3.39. The van der Waals surface area contributed by atoms with E-state index in [2.05, 4.69) is 10.1 Å². The summed E-state index contributed by atoms with van der Waals surface area (Å²) in [6, 6.07) is 5.25. The summed E-state index contributed by atoms with van der Waals surface area (Å²) in [5.74, 6) is -2.07. The molecule has 0 spiro atoms. The van der Waals surface area contributed by atoms with Crippen LogP contribution in [0.4, 0.5) is 13.2 Å². The fourth-order valence-electron chi connectivity index (χ4n) is 3.08. The summed E-state index contributed by atoms with van der Waals surface area (Å²) < 4.78 is 40.9. The third kappa shape index (κ3) is 5.11. The molecule has 1 fully saturated rings. The highest BCUT2D eigenvalue weighted by atomic mass is 19.4. The topological polar surface area (TPSA) is 75.6 Å². The number of hydrogen-bond donors (Lipinski definition) is 2. The Balaban J connectivity index is 2.03. The normalized spacial score (nSPS) is 23.8. The lowest BCUT2D eigenvalue weighted by Crippen LogP contribution is -2.55. The molecule has 1 aromatic carbocycles. The molecule has 0 saturated heterocycles. The van der Waals surface area contributed by atoms with E-state index in [0.29, 0.717) is 12.8 Å². The van der Waals surface area contributed by atoms with Gasteiger partial charge < -0.3 is 15.2 Å². The number of halogens is 3. The van der Waals surface area contributed by atoms with Crippen molar-refractivity contribution in [1.29, 1.82) is 0 Å². The van der Waals surface area contributed by atoms with Gasteiger partial charge in [0.25, 0.3) is 5.91 Å². The van der Waals surface area contributed by atoms with Crippen molar-refractivity contribution in [3.63, 3.8) is 0 Å². The minimum Gasteiger partial charge on any atom is -0.484 e. The third-order valence-electron chi connectivity index (χ3n) is 4.42. The molecular formula is C17H20F3NO4. The van der Waals surface area contributed by atoms with Crippen molar-refractivity contribution in [3.8, 4) is 5.75 Å². The van der Waals surface area contributed by atoms with Gasteiger partial charge in [-0.15, -0.1) is 0 Å². The maximum absolute atomic E-state index is 12.4. The summed E-state index contributed by atoms with van der Waals surface area (Å²) >= 11 is 0. The zero-order valence-electron chi connectivity index (χ0n) is 13.7. The van der Waals surface area contributed by atoms with Gasteiger partial charge in [0.05, 0.1) is 11.5 Å². The van der Waals surface area contributed by atoms with E-state index in [0.717, 1.165) is 12.8 Å². The van der Waals surface area contributed by atoms with Crippen LogP contribution >= 0.6 is 0 Å². The zero-order chi connectivity index (χ0) is 18.7. The quantitative estimate of drug-likeness (QED) is 0.845. The van der Waals surface area contributed by atoms with Crippen LogP contribution in [0.3, 0.4) is 0 Å². The summed E-state index contributed by atoms with van der Waals surface area (Å²) in [6.07, 6.45) is -1.76. The number of carbonyl (C=O) groups is 2. The molecule has 1 aliphatic carbocycles. The van der Waals surface area contributed by atoms with Crippen LogP contribution in [0, 0.1) is 5.92 Å². The van der Waals surface area contributed by atoms with E-state index in [1.54, 1.807) is 6.92 Å². The van der Waals surface area contributed by atoms with E-state index in [-0.39, 0.29) is 11.3 Å². The van der Waals surface area contributed by atoms with Crippen molar-refractivity contribution in [1.82, 2.24) is 5.32 Å². The number of rotatable bonds is 5. The number of benzene rings is 1. The predicted molar refractivity (Wildman–Crippen MR) is 83.5 cm³/mol. The molecule has 5 nitrogen and oxygen atoms in total. The van der Waals surface area contributed by atoms with Crippen molar-refractivity contribution >= 4 is 11.9 Å². The fourth-order valence-corrected chi connectivity index (χ4v) is 3.08. The Hall–Kier alpha value is -2.25. The van der Waals surface area contributed by atoms with E-state index in [4.69, 9.17) is 0 Å². The van der Waals surface area contributed by atoms with Crippen LogP contribution in [-0.2, 0) is 4.79 Å². The molecule has 0 radical (unpaired) electrons. The Morgan fingerprint density at radius 1 is 1.28 bits per heavy atom. The lowest BCUT2D eigenvalue weighted by atomic mass is 9.73. The Morgan fingerprint density at radius 3 is 2.48 bits per heavy atom. The van der Waals surface area contributed by atoms with Gasteiger partial charge in [0, 0.05) is 5.56 Å². The number of ether oxygens (including phenoxy) is 1. The number of carbonyl (C=O) groups excluding carboxylic acids is 1. The second-order valence-corrected chi connectivity index (χ2v) is 6.44. The first-order valence-electron chi connectivity index (χ1n) is 7.96. The van der Waals surface area contributed by atoms with Crippen molar-refractivity contribution in [2.45, 2.75) is 44.3 Å². The van der Waals surface area contributed by atoms with Gasteiger partial charge >= 0.3 is 12.1 Å². The van der Waals surface area contributed by atoms with Crippen molar-refractivity contribution in [2.75, 3.05) is 6.61 Å². The Bertz CT molecular complexity index is 630. The molecule has 25 heavy (non-hydrogen) atoms. The van der Waals surface area contributed by atoms with E-state index >= 15 is 0 Å². The van der Waals surface area contributed by atoms with Crippen molar-refractivity contribution < 1.29 is 32.6 Å². The lowest BCUT2D eigenvalue weighted by molar-refractivity contribution is -0.153. The number of hydrogen-bond acceptors (Lipinski definition) is 3. The largest absolute Gasteiger partial charge is 0.484 e. The van der Waals surface area contributed by atoms with Gasteiger partial charge in [0.1, 0.15) is 5.75 Å². The van der Waals surface area contributed by atoms with Gasteiger partial charge in [-0.05, 0) is 44.0 Å². The van der Waals surface area contributed by atoms with Gasteiger partial charge in [-0.2, -0.15) is 13.2 Å². The third-order valence-corrected chi connectivity index (χ3v) is 4.42. The molecule has 1 saturated carbocycles. The van der Waals surface area contributed by atoms with Crippen LogP contribution in [-0.4, -0.2) is 35.3 Å². The molecule has 8 heteroatoms. The van der Waals surface area contributed by atoms with Crippen LogP contribution in [0.5, 0.6) is 5.75 Å². The van der Waals surface area contributed by atoms with Gasteiger partial charge in [0.2, 0.25) is 0 Å². The molecular weight excluding hydrogens is 339 g/mol. The van der Waals surface area contributed by atoms with Gasteiger partial charge in [0.15, 0.2) is 6.61 Å². The average molecular weight is 359 g/mol. The second-order valence-electron chi connectivity index (χ2n) is 6.44. The van der Waals surface area contributed by atoms with Crippen LogP contribution in [0.15, 0.2) is 24.3 Å². The van der Waals surface area contributed by atoms with E-state index in [1.807, 2.05) is 0 Å². The molecule has 1 amide bonds. The number of carboxylic acid groups (broad SMARTS) is 1. The van der Waals surface area contributed by atoms with Crippen LogP contribution in [0.2, 0.25) is 0 Å². The van der Waals surface area contributed by atoms with Gasteiger partial charge in [-0.3, -0.25) is 9.59 Å². The SMILES string of the molecule is CC1(NC(=O)c2ccc(OCC(F)(F)F)cc2)CCCCC1C(=O)O. The number of nitrogens with one attached hydrogen (secondary N) is 1. The van der Waals surface area contributed by atoms with E-state index in [1.165, 1.54) is 24.3 Å². The number of amides is 1. The average Bonchev–Trinajstić information content (AvgIpc) is 2.52. The summed E-state index contributed by atoms with van der Waals surface area (Å²) in [4.78, 5) is 23.8. The summed E-state index contributed by atoms with van der Waals surface area (Å²) in [5.41, 5.74) is -0.623. The minimum absolute atomic E-state index is 0.00108. The van der Waals surface area contributed by atoms with Gasteiger partial charge in [-0.1, -0.05) is 12.8 Å². The molecule has 138 valence electrons. The first-order valence-corrected chi connectivity index (χ1v) is 7.96. The Kier molecular flexibility index (Phi) is 5.59. The highest BCUT2D eigenvalue weighted by Gasteiger charge is 2.42. The summed E-state index contributed by atoms with van der Waals surface area (Å²) in [5, 5.41) is 12.1. The van der Waals surface area contributed by atoms with Crippen molar-refractivity contribution in [3.05, 3.63) is 29.8 Å². The fraction of sp³-hybridized carbons (Fsp3) is 0.529. The van der Waals surface area contributed by atoms with Gasteiger partial charge in [-0.25, -0.2) is 0 Å². The summed E-state index contributed by atoms with van der Waals surface area (Å²) in [6.45, 7) is 0.306. The standard InChI is InChI=1S/C17H20F3NO4/c1-16(9-3-2-4-13(16)15(23)24)21-14(22)11-5-7-12(8-6-11)25-10-17(18,19)20/h5-8,13H,2-4,9-10H2,1H3,(H,21,22)(H,23,24). The number of alkyl halides is 3. The number of carboxylic acids is 1. The molecule has 2 unspecified atom stereocenters. The lowest BCUT2D eigenvalue weighted by Gasteiger charge is -2.39. The molecule has 2 N–H and O–H groups in total. The Morgan fingerprint density at radius 2 is 1.92 bits per heavy atom. The highest BCUT2D eigenvalue weighted by molar-refractivity contribution is 5.95.